The van der Waals surface area contributed by atoms with Crippen LogP contribution in [-0.2, 0) is 22.2 Å². The van der Waals surface area contributed by atoms with Crippen molar-refractivity contribution in [2.75, 3.05) is 7.11 Å². The van der Waals surface area contributed by atoms with Crippen molar-refractivity contribution >= 4 is 40.9 Å². The van der Waals surface area contributed by atoms with Gasteiger partial charge in [-0.3, -0.25) is 5.87 Å². The maximum absolute atomic E-state index is 10.5. The van der Waals surface area contributed by atoms with Crippen LogP contribution in [0.5, 0.6) is 0 Å². The summed E-state index contributed by atoms with van der Waals surface area (Å²) in [6.45, 7) is 0. The van der Waals surface area contributed by atoms with E-state index >= 15 is 0 Å². The van der Waals surface area contributed by atoms with Crippen molar-refractivity contribution in [1.82, 2.24) is 0 Å². The van der Waals surface area contributed by atoms with Crippen LogP contribution in [0.1, 0.15) is 0 Å². The van der Waals surface area contributed by atoms with Gasteiger partial charge in [-0.15, -0.1) is 4.20 Å². The Morgan fingerprint density at radius 2 is 2.00 bits per heavy atom. The van der Waals surface area contributed by atoms with Gasteiger partial charge in [0.15, 0.2) is 0 Å². The van der Waals surface area contributed by atoms with Gasteiger partial charge in [0.25, 0.3) is 0 Å². The Morgan fingerprint density at radius 3 is 2.08 bits per heavy atom. The van der Waals surface area contributed by atoms with Gasteiger partial charge in [0.05, 0.1) is 12.7 Å². The molecule has 0 fully saturated rings. The number of rotatable bonds is 2. The first-order valence-corrected chi connectivity index (χ1v) is 3.01. The van der Waals surface area contributed by atoms with E-state index in [-0.39, 0.29) is 113 Å². The Morgan fingerprint density at radius 1 is 1.58 bits per heavy atom. The summed E-state index contributed by atoms with van der Waals surface area (Å²) in [7, 11) is 1.16. The number of esters is 1. The molecule has 7 heteroatoms. The predicted molar refractivity (Wildman–Crippen MR) is 43.9 cm³/mol. The van der Waals surface area contributed by atoms with E-state index < -0.39 is 5.97 Å². The van der Waals surface area contributed by atoms with Crippen molar-refractivity contribution in [1.29, 1.82) is 0 Å². The molecule has 0 N–H and O–H groups in total. The average molecular weight is 251 g/mol. The number of hydrogen-bond donors (Lipinski definition) is 0. The van der Waals surface area contributed by atoms with E-state index in [9.17, 15) is 4.79 Å². The SMILES string of the molecule is COC(=O)C(=C=[N-])C(=S)[S-].[K+].[K+]. The Balaban J connectivity index is -0.000000405. The Bertz CT molecular complexity index is 225. The van der Waals surface area contributed by atoms with Crippen molar-refractivity contribution in [3.8, 4) is 0 Å². The van der Waals surface area contributed by atoms with E-state index in [0.717, 1.165) is 7.11 Å². The van der Waals surface area contributed by atoms with Crippen molar-refractivity contribution in [2.24, 2.45) is 0 Å². The predicted octanol–water partition coefficient (Wildman–Crippen LogP) is -5.79. The van der Waals surface area contributed by atoms with E-state index in [1.54, 1.807) is 5.87 Å². The maximum Gasteiger partial charge on any atom is 1.00 e. The summed E-state index contributed by atoms with van der Waals surface area (Å²) in [6.07, 6.45) is 0. The second-order valence-corrected chi connectivity index (χ2v) is 2.34. The quantitative estimate of drug-likeness (QED) is 0.123. The Hall–Kier alpha value is 2.50. The minimum atomic E-state index is -0.775. The third-order valence-electron chi connectivity index (χ3n) is 0.705. The summed E-state index contributed by atoms with van der Waals surface area (Å²) in [6, 6.07) is 0. The van der Waals surface area contributed by atoms with E-state index in [0.29, 0.717) is 0 Å². The van der Waals surface area contributed by atoms with Crippen LogP contribution in [0.4, 0.5) is 0 Å². The molecule has 12 heavy (non-hydrogen) atoms. The smallest absolute Gasteiger partial charge is 0.763 e. The van der Waals surface area contributed by atoms with Gasteiger partial charge >= 0.3 is 109 Å². The molecule has 0 aliphatic rings. The summed E-state index contributed by atoms with van der Waals surface area (Å²) >= 11 is 8.83. The molecule has 0 unspecified atom stereocenters. The van der Waals surface area contributed by atoms with Gasteiger partial charge in [-0.2, -0.15) is 0 Å². The molecule has 0 bridgehead atoms. The fourth-order valence-corrected chi connectivity index (χ4v) is 0.535. The van der Waals surface area contributed by atoms with Crippen molar-refractivity contribution in [3.63, 3.8) is 0 Å². The molecule has 0 saturated heterocycles. The molecule has 0 aromatic rings. The van der Waals surface area contributed by atoms with Crippen LogP contribution in [0.2, 0.25) is 0 Å². The number of thiocarbonyl (C=S) groups is 1. The van der Waals surface area contributed by atoms with Gasteiger partial charge in [-0.25, -0.2) is 4.79 Å². The molecule has 3 nitrogen and oxygen atoms in total. The molecule has 0 atom stereocenters. The standard InChI is InChI=1S/C5H4NO2S2.2K/c1-8-4(7)3(2-6)5(9)10;;/h1H3,(H,9,10);;/q-1;2*+1/p-1. The molecule has 0 radical (unpaired) electrons. The monoisotopic (exact) mass is 251 g/mol. The number of carbonyl (C=O) groups excluding carboxylic acids is 1. The van der Waals surface area contributed by atoms with Crippen LogP contribution in [-0.4, -0.2) is 23.1 Å². The molecular formula is C5H3K2NO2S2. The normalized spacial score (nSPS) is 6.42. The van der Waals surface area contributed by atoms with Crippen LogP contribution < -0.4 is 103 Å². The van der Waals surface area contributed by atoms with Crippen LogP contribution in [0.15, 0.2) is 5.57 Å². The minimum Gasteiger partial charge on any atom is -0.763 e. The fraction of sp³-hybridized carbons (Fsp3) is 0.200. The largest absolute Gasteiger partial charge is 1.00 e. The molecule has 0 spiro atoms. The molecule has 0 amide bonds. The number of ether oxygens (including phenoxy) is 1. The molecule has 0 saturated carbocycles. The van der Waals surface area contributed by atoms with Gasteiger partial charge in [-0.05, 0) is 0 Å². The van der Waals surface area contributed by atoms with Crippen LogP contribution in [0, 0.1) is 0 Å². The van der Waals surface area contributed by atoms with E-state index in [4.69, 9.17) is 5.41 Å². The molecule has 54 valence electrons. The van der Waals surface area contributed by atoms with Crippen molar-refractivity contribution in [2.45, 2.75) is 0 Å². The second kappa shape index (κ2) is 11.6. The zero-order valence-electron chi connectivity index (χ0n) is 7.08. The van der Waals surface area contributed by atoms with Gasteiger partial charge in [0.1, 0.15) is 0 Å². The zero-order chi connectivity index (χ0) is 8.15. The summed E-state index contributed by atoms with van der Waals surface area (Å²) in [4.78, 5) is 10.5. The van der Waals surface area contributed by atoms with Crippen molar-refractivity contribution in [3.05, 3.63) is 11.0 Å². The third-order valence-corrected chi connectivity index (χ3v) is 1.11. The van der Waals surface area contributed by atoms with Gasteiger partial charge < -0.3 is 35.0 Å². The first-order chi connectivity index (χ1) is 4.63. The summed E-state index contributed by atoms with van der Waals surface area (Å²) in [5.74, 6) is 0.773. The molecule has 0 aromatic carbocycles. The summed E-state index contributed by atoms with van der Waals surface area (Å²) in [5, 5.41) is 8.26. The number of nitrogens with zero attached hydrogens (tertiary/aromatic N) is 1. The second-order valence-electron chi connectivity index (χ2n) is 1.27. The molecule has 0 aliphatic heterocycles. The zero-order valence-corrected chi connectivity index (χ0v) is 15.0. The molecule has 0 heterocycles. The molecule has 0 aliphatic carbocycles. The molecule has 0 rings (SSSR count). The summed E-state index contributed by atoms with van der Waals surface area (Å²) in [5.41, 5.74) is -0.285. The summed E-state index contributed by atoms with van der Waals surface area (Å²) < 4.78 is 4.05. The van der Waals surface area contributed by atoms with Gasteiger partial charge in [0, 0.05) is 0 Å². The Kier molecular flexibility index (Phi) is 19.3. The Labute approximate surface area is 167 Å². The first kappa shape index (κ1) is 20.0. The minimum absolute atomic E-state index is 0. The number of hydrogen-bond acceptors (Lipinski definition) is 4. The van der Waals surface area contributed by atoms with E-state index in [1.165, 1.54) is 0 Å². The average Bonchev–Trinajstić information content (AvgIpc) is 1.88. The van der Waals surface area contributed by atoms with Gasteiger partial charge in [-0.1, -0.05) is 0 Å². The maximum atomic E-state index is 10.5. The molecule has 0 aromatic heterocycles. The van der Waals surface area contributed by atoms with Crippen LogP contribution in [0.3, 0.4) is 0 Å². The molecular weight excluding hydrogens is 248 g/mol. The topological polar surface area (TPSA) is 48.6 Å². The first-order valence-electron chi connectivity index (χ1n) is 2.20. The number of carbonyl (C=O) groups is 1. The van der Waals surface area contributed by atoms with Crippen LogP contribution in [0.25, 0.3) is 5.41 Å². The van der Waals surface area contributed by atoms with Gasteiger partial charge in [0.2, 0.25) is 0 Å². The van der Waals surface area contributed by atoms with Crippen molar-refractivity contribution < 1.29 is 112 Å². The van der Waals surface area contributed by atoms with Crippen LogP contribution >= 0.6 is 12.2 Å². The van der Waals surface area contributed by atoms with E-state index in [1.807, 2.05) is 0 Å². The number of methoxy groups -OCH3 is 1. The third kappa shape index (κ3) is 7.87. The van der Waals surface area contributed by atoms with E-state index in [2.05, 4.69) is 29.6 Å². The fourth-order valence-electron chi connectivity index (χ4n) is 0.277.